The summed E-state index contributed by atoms with van der Waals surface area (Å²) >= 11 is 0. The number of amides is 1. The van der Waals surface area contributed by atoms with Crippen LogP contribution in [0.15, 0.2) is 0 Å². The fourth-order valence-electron chi connectivity index (χ4n) is 2.75. The van der Waals surface area contributed by atoms with Gasteiger partial charge in [-0.15, -0.1) is 0 Å². The minimum atomic E-state index is 0.0678. The van der Waals surface area contributed by atoms with Gasteiger partial charge in [-0.3, -0.25) is 4.79 Å². The molecule has 2 atom stereocenters. The van der Waals surface area contributed by atoms with Crippen molar-refractivity contribution in [3.8, 4) is 0 Å². The van der Waals surface area contributed by atoms with Crippen molar-refractivity contribution in [1.82, 2.24) is 10.6 Å². The maximum atomic E-state index is 12.0. The monoisotopic (exact) mass is 254 g/mol. The molecule has 0 radical (unpaired) electrons. The fourth-order valence-corrected chi connectivity index (χ4v) is 2.75. The molecule has 3 nitrogen and oxygen atoms in total. The normalized spacial score (nSPS) is 21.1. The quantitative estimate of drug-likeness (QED) is 0.716. The zero-order valence-electron chi connectivity index (χ0n) is 12.3. The van der Waals surface area contributed by atoms with E-state index in [1.54, 1.807) is 0 Å². The van der Waals surface area contributed by atoms with Crippen molar-refractivity contribution in [3.05, 3.63) is 0 Å². The van der Waals surface area contributed by atoms with E-state index in [0.717, 1.165) is 13.1 Å². The van der Waals surface area contributed by atoms with E-state index in [0.29, 0.717) is 12.0 Å². The van der Waals surface area contributed by atoms with Crippen LogP contribution in [0.25, 0.3) is 0 Å². The van der Waals surface area contributed by atoms with Crippen LogP contribution in [-0.4, -0.2) is 25.0 Å². The smallest absolute Gasteiger partial charge is 0.224 e. The maximum absolute atomic E-state index is 12.0. The lowest BCUT2D eigenvalue weighted by molar-refractivity contribution is -0.125. The third-order valence-corrected chi connectivity index (χ3v) is 4.12. The molecule has 1 amide bonds. The molecule has 1 saturated carbocycles. The van der Waals surface area contributed by atoms with Crippen LogP contribution in [0.1, 0.15) is 59.3 Å². The molecule has 0 saturated heterocycles. The standard InChI is InChI=1S/C15H30N2O/c1-4-16-11-12(2)15(18)17-13(3)14-9-7-5-6-8-10-14/h12-14,16H,4-11H2,1-3H3,(H,17,18)/t12?,13-/m1/s1. The molecule has 1 aliphatic carbocycles. The fraction of sp³-hybridized carbons (Fsp3) is 0.933. The molecule has 0 bridgehead atoms. The van der Waals surface area contributed by atoms with Gasteiger partial charge in [0.15, 0.2) is 0 Å². The summed E-state index contributed by atoms with van der Waals surface area (Å²) in [6.45, 7) is 7.94. The van der Waals surface area contributed by atoms with E-state index in [1.807, 2.05) is 6.92 Å². The van der Waals surface area contributed by atoms with Crippen LogP contribution >= 0.6 is 0 Å². The molecule has 0 heterocycles. The minimum absolute atomic E-state index is 0.0678. The number of nitrogens with one attached hydrogen (secondary N) is 2. The molecule has 0 aromatic carbocycles. The van der Waals surface area contributed by atoms with Crippen molar-refractivity contribution in [2.45, 2.75) is 65.3 Å². The SMILES string of the molecule is CCNCC(C)C(=O)N[C@H](C)C1CCCCCC1. The molecule has 1 rings (SSSR count). The first-order valence-electron chi connectivity index (χ1n) is 7.66. The summed E-state index contributed by atoms with van der Waals surface area (Å²) in [7, 11) is 0. The summed E-state index contributed by atoms with van der Waals surface area (Å²) in [5.74, 6) is 0.952. The van der Waals surface area contributed by atoms with E-state index in [-0.39, 0.29) is 11.8 Å². The van der Waals surface area contributed by atoms with Crippen LogP contribution in [-0.2, 0) is 4.79 Å². The maximum Gasteiger partial charge on any atom is 0.224 e. The van der Waals surface area contributed by atoms with Gasteiger partial charge in [0.05, 0.1) is 0 Å². The van der Waals surface area contributed by atoms with Crippen molar-refractivity contribution < 1.29 is 4.79 Å². The van der Waals surface area contributed by atoms with Crippen LogP contribution in [0.3, 0.4) is 0 Å². The molecule has 1 unspecified atom stereocenters. The first-order chi connectivity index (χ1) is 8.65. The average molecular weight is 254 g/mol. The molecule has 0 aliphatic heterocycles. The number of hydrogen-bond acceptors (Lipinski definition) is 2. The zero-order chi connectivity index (χ0) is 13.4. The second kappa shape index (κ2) is 8.52. The first-order valence-corrected chi connectivity index (χ1v) is 7.66. The van der Waals surface area contributed by atoms with Crippen molar-refractivity contribution in [3.63, 3.8) is 0 Å². The average Bonchev–Trinajstić information content (AvgIpc) is 2.64. The molecule has 1 aliphatic rings. The van der Waals surface area contributed by atoms with E-state index in [4.69, 9.17) is 0 Å². The van der Waals surface area contributed by atoms with Crippen molar-refractivity contribution >= 4 is 5.91 Å². The molecule has 0 aromatic heterocycles. The lowest BCUT2D eigenvalue weighted by atomic mass is 9.92. The van der Waals surface area contributed by atoms with Gasteiger partial charge < -0.3 is 10.6 Å². The Bertz CT molecular complexity index is 235. The second-order valence-corrected chi connectivity index (χ2v) is 5.76. The Morgan fingerprint density at radius 2 is 1.78 bits per heavy atom. The highest BCUT2D eigenvalue weighted by Crippen LogP contribution is 2.25. The molecule has 0 aromatic rings. The summed E-state index contributed by atoms with van der Waals surface area (Å²) in [6.07, 6.45) is 7.96. The van der Waals surface area contributed by atoms with Crippen molar-refractivity contribution in [1.29, 1.82) is 0 Å². The largest absolute Gasteiger partial charge is 0.353 e. The lowest BCUT2D eigenvalue weighted by Crippen LogP contribution is -2.43. The topological polar surface area (TPSA) is 41.1 Å². The van der Waals surface area contributed by atoms with Gasteiger partial charge in [0.2, 0.25) is 5.91 Å². The summed E-state index contributed by atoms with van der Waals surface area (Å²) in [4.78, 5) is 12.0. The van der Waals surface area contributed by atoms with Gasteiger partial charge in [0.1, 0.15) is 0 Å². The number of carbonyl (C=O) groups is 1. The minimum Gasteiger partial charge on any atom is -0.353 e. The zero-order valence-corrected chi connectivity index (χ0v) is 12.3. The Balaban J connectivity index is 2.32. The third kappa shape index (κ3) is 5.38. The number of carbonyl (C=O) groups excluding carboxylic acids is 1. The van der Waals surface area contributed by atoms with Gasteiger partial charge in [-0.1, -0.05) is 39.5 Å². The summed E-state index contributed by atoms with van der Waals surface area (Å²) in [5, 5.41) is 6.44. The highest BCUT2D eigenvalue weighted by atomic mass is 16.1. The predicted octanol–water partition coefficient (Wildman–Crippen LogP) is 2.71. The van der Waals surface area contributed by atoms with Crippen LogP contribution in [0.2, 0.25) is 0 Å². The molecule has 18 heavy (non-hydrogen) atoms. The Morgan fingerprint density at radius 3 is 2.33 bits per heavy atom. The first kappa shape index (κ1) is 15.5. The molecular formula is C15H30N2O. The Hall–Kier alpha value is -0.570. The molecule has 1 fully saturated rings. The summed E-state index contributed by atoms with van der Waals surface area (Å²) in [6, 6.07) is 0.333. The highest BCUT2D eigenvalue weighted by Gasteiger charge is 2.22. The van der Waals surface area contributed by atoms with E-state index in [2.05, 4.69) is 24.5 Å². The van der Waals surface area contributed by atoms with Gasteiger partial charge in [-0.2, -0.15) is 0 Å². The van der Waals surface area contributed by atoms with Crippen LogP contribution in [0.5, 0.6) is 0 Å². The highest BCUT2D eigenvalue weighted by molar-refractivity contribution is 5.78. The number of rotatable bonds is 6. The van der Waals surface area contributed by atoms with Crippen molar-refractivity contribution in [2.24, 2.45) is 11.8 Å². The van der Waals surface area contributed by atoms with Crippen molar-refractivity contribution in [2.75, 3.05) is 13.1 Å². The van der Waals surface area contributed by atoms with Gasteiger partial charge in [-0.05, 0) is 32.2 Å². The lowest BCUT2D eigenvalue weighted by Gasteiger charge is -2.25. The van der Waals surface area contributed by atoms with Gasteiger partial charge in [-0.25, -0.2) is 0 Å². The van der Waals surface area contributed by atoms with Gasteiger partial charge >= 0.3 is 0 Å². The Kier molecular flexibility index (Phi) is 7.33. The van der Waals surface area contributed by atoms with Crippen LogP contribution < -0.4 is 10.6 Å². The Morgan fingerprint density at radius 1 is 1.17 bits per heavy atom. The molecule has 106 valence electrons. The molecule has 3 heteroatoms. The molecule has 0 spiro atoms. The van der Waals surface area contributed by atoms with Gasteiger partial charge in [0, 0.05) is 18.5 Å². The summed E-state index contributed by atoms with van der Waals surface area (Å²) in [5.41, 5.74) is 0. The van der Waals surface area contributed by atoms with Crippen LogP contribution in [0, 0.1) is 11.8 Å². The summed E-state index contributed by atoms with van der Waals surface area (Å²) < 4.78 is 0. The van der Waals surface area contributed by atoms with Crippen LogP contribution in [0.4, 0.5) is 0 Å². The third-order valence-electron chi connectivity index (χ3n) is 4.12. The number of hydrogen-bond donors (Lipinski definition) is 2. The van der Waals surface area contributed by atoms with Gasteiger partial charge in [0.25, 0.3) is 0 Å². The second-order valence-electron chi connectivity index (χ2n) is 5.76. The Labute approximate surface area is 112 Å². The van der Waals surface area contributed by atoms with E-state index in [9.17, 15) is 4.79 Å². The molecule has 2 N–H and O–H groups in total. The molecular weight excluding hydrogens is 224 g/mol. The van der Waals surface area contributed by atoms with E-state index in [1.165, 1.54) is 38.5 Å². The predicted molar refractivity (Wildman–Crippen MR) is 76.5 cm³/mol. The van der Waals surface area contributed by atoms with E-state index < -0.39 is 0 Å². The van der Waals surface area contributed by atoms with E-state index >= 15 is 0 Å².